The summed E-state index contributed by atoms with van der Waals surface area (Å²) in [5.41, 5.74) is 0. The standard InChI is InChI=1S/C10H18N4O/c1-8-12-13-10(14(8)2)7-11-6-9-4-3-5-15-9/h9,11H,3-7H2,1-2H3. The van der Waals surface area contributed by atoms with E-state index in [-0.39, 0.29) is 0 Å². The van der Waals surface area contributed by atoms with Gasteiger partial charge in [-0.05, 0) is 19.8 Å². The quantitative estimate of drug-likeness (QED) is 0.781. The fourth-order valence-corrected chi connectivity index (χ4v) is 1.76. The van der Waals surface area contributed by atoms with Crippen molar-refractivity contribution < 1.29 is 4.74 Å². The molecule has 1 unspecified atom stereocenters. The molecule has 84 valence electrons. The Kier molecular flexibility index (Phi) is 3.33. The smallest absolute Gasteiger partial charge is 0.146 e. The second kappa shape index (κ2) is 4.72. The van der Waals surface area contributed by atoms with Gasteiger partial charge in [-0.3, -0.25) is 0 Å². The first-order valence-corrected chi connectivity index (χ1v) is 5.44. The van der Waals surface area contributed by atoms with Gasteiger partial charge >= 0.3 is 0 Å². The molecule has 1 aromatic rings. The van der Waals surface area contributed by atoms with Gasteiger partial charge in [0, 0.05) is 20.2 Å². The highest BCUT2D eigenvalue weighted by molar-refractivity contribution is 4.91. The van der Waals surface area contributed by atoms with E-state index in [9.17, 15) is 0 Å². The summed E-state index contributed by atoms with van der Waals surface area (Å²) in [6.07, 6.45) is 2.75. The van der Waals surface area contributed by atoms with Crippen LogP contribution in [0.4, 0.5) is 0 Å². The zero-order valence-corrected chi connectivity index (χ0v) is 9.36. The number of ether oxygens (including phenoxy) is 1. The average Bonchev–Trinajstić information content (AvgIpc) is 2.83. The predicted octanol–water partition coefficient (Wildman–Crippen LogP) is 0.392. The Labute approximate surface area is 89.8 Å². The van der Waals surface area contributed by atoms with Crippen LogP contribution in [0.1, 0.15) is 24.5 Å². The molecule has 0 aromatic carbocycles. The highest BCUT2D eigenvalue weighted by atomic mass is 16.5. The Morgan fingerprint density at radius 2 is 2.40 bits per heavy atom. The minimum Gasteiger partial charge on any atom is -0.377 e. The summed E-state index contributed by atoms with van der Waals surface area (Å²) in [7, 11) is 1.98. The van der Waals surface area contributed by atoms with Crippen LogP contribution in [0.2, 0.25) is 0 Å². The first kappa shape index (κ1) is 10.6. The highest BCUT2D eigenvalue weighted by Gasteiger charge is 2.15. The molecule has 1 atom stereocenters. The maximum absolute atomic E-state index is 5.52. The Hall–Kier alpha value is -0.940. The fraction of sp³-hybridized carbons (Fsp3) is 0.800. The molecule has 0 saturated carbocycles. The van der Waals surface area contributed by atoms with Gasteiger partial charge in [-0.25, -0.2) is 0 Å². The summed E-state index contributed by atoms with van der Waals surface area (Å²) in [4.78, 5) is 0. The first-order valence-electron chi connectivity index (χ1n) is 5.44. The Balaban J connectivity index is 1.75. The van der Waals surface area contributed by atoms with E-state index in [4.69, 9.17) is 4.74 Å². The molecule has 5 heteroatoms. The molecule has 0 amide bonds. The van der Waals surface area contributed by atoms with Crippen LogP contribution in [0.15, 0.2) is 0 Å². The lowest BCUT2D eigenvalue weighted by molar-refractivity contribution is 0.109. The van der Waals surface area contributed by atoms with Gasteiger partial charge in [0.15, 0.2) is 0 Å². The van der Waals surface area contributed by atoms with Crippen LogP contribution in [0.5, 0.6) is 0 Å². The largest absolute Gasteiger partial charge is 0.377 e. The molecule has 2 rings (SSSR count). The Morgan fingerprint density at radius 3 is 3.00 bits per heavy atom. The van der Waals surface area contributed by atoms with E-state index < -0.39 is 0 Å². The average molecular weight is 210 g/mol. The molecular formula is C10H18N4O. The van der Waals surface area contributed by atoms with Crippen LogP contribution in [-0.2, 0) is 18.3 Å². The van der Waals surface area contributed by atoms with E-state index in [0.29, 0.717) is 6.10 Å². The lowest BCUT2D eigenvalue weighted by Gasteiger charge is -2.10. The van der Waals surface area contributed by atoms with Crippen molar-refractivity contribution in [3.05, 3.63) is 11.6 Å². The molecule has 0 aliphatic carbocycles. The van der Waals surface area contributed by atoms with Crippen molar-refractivity contribution >= 4 is 0 Å². The predicted molar refractivity (Wildman–Crippen MR) is 56.4 cm³/mol. The first-order chi connectivity index (χ1) is 7.27. The summed E-state index contributed by atoms with van der Waals surface area (Å²) in [6, 6.07) is 0. The van der Waals surface area contributed by atoms with Gasteiger partial charge < -0.3 is 14.6 Å². The lowest BCUT2D eigenvalue weighted by atomic mass is 10.2. The monoisotopic (exact) mass is 210 g/mol. The third kappa shape index (κ3) is 2.54. The van der Waals surface area contributed by atoms with E-state index in [2.05, 4.69) is 15.5 Å². The van der Waals surface area contributed by atoms with E-state index in [1.54, 1.807) is 0 Å². The number of hydrogen-bond acceptors (Lipinski definition) is 4. The van der Waals surface area contributed by atoms with Crippen molar-refractivity contribution in [2.24, 2.45) is 7.05 Å². The molecule has 2 heterocycles. The van der Waals surface area contributed by atoms with Crippen molar-refractivity contribution in [2.45, 2.75) is 32.4 Å². The maximum Gasteiger partial charge on any atom is 0.146 e. The molecule has 15 heavy (non-hydrogen) atoms. The van der Waals surface area contributed by atoms with Gasteiger partial charge in [0.05, 0.1) is 12.6 Å². The third-order valence-electron chi connectivity index (χ3n) is 2.86. The second-order valence-electron chi connectivity index (χ2n) is 3.99. The summed E-state index contributed by atoms with van der Waals surface area (Å²) < 4.78 is 7.52. The lowest BCUT2D eigenvalue weighted by Crippen LogP contribution is -2.26. The van der Waals surface area contributed by atoms with E-state index in [1.165, 1.54) is 12.8 Å². The van der Waals surface area contributed by atoms with Gasteiger partial charge in [-0.2, -0.15) is 0 Å². The van der Waals surface area contributed by atoms with E-state index >= 15 is 0 Å². The van der Waals surface area contributed by atoms with Crippen molar-refractivity contribution in [3.8, 4) is 0 Å². The van der Waals surface area contributed by atoms with Crippen LogP contribution in [0, 0.1) is 6.92 Å². The number of aromatic nitrogens is 3. The minimum atomic E-state index is 0.388. The van der Waals surface area contributed by atoms with Gasteiger partial charge in [0.1, 0.15) is 11.6 Å². The number of nitrogens with zero attached hydrogens (tertiary/aromatic N) is 3. The fourth-order valence-electron chi connectivity index (χ4n) is 1.76. The Bertz CT molecular complexity index is 317. The highest BCUT2D eigenvalue weighted by Crippen LogP contribution is 2.10. The molecule has 1 saturated heterocycles. The molecule has 1 fully saturated rings. The molecule has 1 aliphatic heterocycles. The molecule has 0 radical (unpaired) electrons. The van der Waals surface area contributed by atoms with E-state index in [1.807, 2.05) is 18.5 Å². The van der Waals surface area contributed by atoms with Gasteiger partial charge in [0.25, 0.3) is 0 Å². The number of aryl methyl sites for hydroxylation is 1. The Morgan fingerprint density at radius 1 is 1.53 bits per heavy atom. The van der Waals surface area contributed by atoms with Crippen LogP contribution in [0.3, 0.4) is 0 Å². The topological polar surface area (TPSA) is 52.0 Å². The SMILES string of the molecule is Cc1nnc(CNCC2CCCO2)n1C. The van der Waals surface area contributed by atoms with Crippen LogP contribution in [0.25, 0.3) is 0 Å². The summed E-state index contributed by atoms with van der Waals surface area (Å²) in [5, 5.41) is 11.4. The maximum atomic E-state index is 5.52. The van der Waals surface area contributed by atoms with Gasteiger partial charge in [-0.15, -0.1) is 10.2 Å². The van der Waals surface area contributed by atoms with Crippen molar-refractivity contribution in [1.29, 1.82) is 0 Å². The van der Waals surface area contributed by atoms with Crippen molar-refractivity contribution in [3.63, 3.8) is 0 Å². The normalized spacial score (nSPS) is 21.1. The van der Waals surface area contributed by atoms with Gasteiger partial charge in [0.2, 0.25) is 0 Å². The van der Waals surface area contributed by atoms with Crippen molar-refractivity contribution in [1.82, 2.24) is 20.1 Å². The van der Waals surface area contributed by atoms with Crippen LogP contribution in [-0.4, -0.2) is 34.0 Å². The zero-order valence-electron chi connectivity index (χ0n) is 9.36. The van der Waals surface area contributed by atoms with Crippen LogP contribution >= 0.6 is 0 Å². The molecule has 1 aliphatic rings. The number of nitrogens with one attached hydrogen (secondary N) is 1. The molecule has 5 nitrogen and oxygen atoms in total. The summed E-state index contributed by atoms with van der Waals surface area (Å²) in [6.45, 7) is 4.54. The molecule has 0 spiro atoms. The molecular weight excluding hydrogens is 192 g/mol. The van der Waals surface area contributed by atoms with Gasteiger partial charge in [-0.1, -0.05) is 0 Å². The number of hydrogen-bond donors (Lipinski definition) is 1. The molecule has 1 N–H and O–H groups in total. The van der Waals surface area contributed by atoms with Crippen molar-refractivity contribution in [2.75, 3.05) is 13.2 Å². The second-order valence-corrected chi connectivity index (χ2v) is 3.99. The zero-order chi connectivity index (χ0) is 10.7. The van der Waals surface area contributed by atoms with E-state index in [0.717, 1.165) is 31.3 Å². The van der Waals surface area contributed by atoms with Crippen LogP contribution < -0.4 is 5.32 Å². The number of rotatable bonds is 4. The molecule has 1 aromatic heterocycles. The minimum absolute atomic E-state index is 0.388. The summed E-state index contributed by atoms with van der Waals surface area (Å²) in [5.74, 6) is 1.93. The summed E-state index contributed by atoms with van der Waals surface area (Å²) >= 11 is 0. The molecule has 0 bridgehead atoms. The third-order valence-corrected chi connectivity index (χ3v) is 2.86.